The summed E-state index contributed by atoms with van der Waals surface area (Å²) < 4.78 is 0. The Balaban J connectivity index is 0.000000191. The first-order valence-electron chi connectivity index (χ1n) is 7.33. The normalized spacial score (nSPS) is 13.3. The van der Waals surface area contributed by atoms with Crippen molar-refractivity contribution in [2.75, 3.05) is 0 Å². The SMILES string of the molecule is C1=Cc2ccccc2C1.C[C-]1Cc2ccccc2C1.[CH3-].[Cl][Zr+2][Cl]. The van der Waals surface area contributed by atoms with Gasteiger partial charge in [-0.1, -0.05) is 71.8 Å². The van der Waals surface area contributed by atoms with Crippen molar-refractivity contribution in [2.45, 2.75) is 26.2 Å². The molecular formula is C20H22Cl2Zr. The van der Waals surface area contributed by atoms with Crippen LogP contribution < -0.4 is 0 Å². The van der Waals surface area contributed by atoms with Crippen molar-refractivity contribution in [2.24, 2.45) is 0 Å². The predicted molar refractivity (Wildman–Crippen MR) is 100 cm³/mol. The van der Waals surface area contributed by atoms with Crippen LogP contribution in [0.15, 0.2) is 54.6 Å². The molecule has 0 aromatic heterocycles. The molecule has 0 spiro atoms. The zero-order chi connectivity index (χ0) is 15.8. The molecule has 2 aromatic carbocycles. The van der Waals surface area contributed by atoms with E-state index in [2.05, 4.69) is 67.6 Å². The summed E-state index contributed by atoms with van der Waals surface area (Å²) in [5, 5.41) is 0. The fourth-order valence-corrected chi connectivity index (χ4v) is 2.81. The summed E-state index contributed by atoms with van der Waals surface area (Å²) in [7, 11) is 9.87. The predicted octanol–water partition coefficient (Wildman–Crippen LogP) is 6.46. The summed E-state index contributed by atoms with van der Waals surface area (Å²) >= 11 is -0.826. The van der Waals surface area contributed by atoms with E-state index < -0.39 is 20.8 Å². The summed E-state index contributed by atoms with van der Waals surface area (Å²) in [5.41, 5.74) is 5.90. The molecule has 0 bridgehead atoms. The molecule has 0 fully saturated rings. The van der Waals surface area contributed by atoms with E-state index in [0.717, 1.165) is 6.42 Å². The molecule has 4 rings (SSSR count). The molecule has 0 N–H and O–H groups in total. The number of hydrogen-bond acceptors (Lipinski definition) is 0. The van der Waals surface area contributed by atoms with Crippen LogP contribution in [0.25, 0.3) is 6.08 Å². The van der Waals surface area contributed by atoms with Gasteiger partial charge in [-0.3, -0.25) is 0 Å². The van der Waals surface area contributed by atoms with Crippen LogP contribution in [0.2, 0.25) is 0 Å². The van der Waals surface area contributed by atoms with Crippen LogP contribution in [0.4, 0.5) is 0 Å². The van der Waals surface area contributed by atoms with Gasteiger partial charge in [-0.15, -0.1) is 0 Å². The van der Waals surface area contributed by atoms with Crippen LogP contribution in [-0.2, 0) is 40.1 Å². The van der Waals surface area contributed by atoms with E-state index in [9.17, 15) is 0 Å². The second kappa shape index (κ2) is 11.2. The zero-order valence-corrected chi connectivity index (χ0v) is 17.6. The third-order valence-corrected chi connectivity index (χ3v) is 3.79. The van der Waals surface area contributed by atoms with Crippen molar-refractivity contribution in [1.82, 2.24) is 0 Å². The number of rotatable bonds is 0. The summed E-state index contributed by atoms with van der Waals surface area (Å²) in [5.74, 6) is 1.60. The second-order valence-electron chi connectivity index (χ2n) is 5.46. The van der Waals surface area contributed by atoms with Gasteiger partial charge < -0.3 is 13.3 Å². The maximum absolute atomic E-state index is 4.93. The van der Waals surface area contributed by atoms with Crippen LogP contribution >= 0.6 is 17.0 Å². The van der Waals surface area contributed by atoms with Gasteiger partial charge in [0.1, 0.15) is 0 Å². The van der Waals surface area contributed by atoms with Gasteiger partial charge in [-0.05, 0) is 17.5 Å². The molecule has 0 saturated heterocycles. The van der Waals surface area contributed by atoms with E-state index in [0.29, 0.717) is 0 Å². The van der Waals surface area contributed by atoms with E-state index in [1.807, 2.05) is 0 Å². The Morgan fingerprint density at radius 3 is 1.87 bits per heavy atom. The first kappa shape index (κ1) is 20.7. The average Bonchev–Trinajstić information content (AvgIpc) is 3.13. The Bertz CT molecular complexity index is 598. The van der Waals surface area contributed by atoms with E-state index in [1.165, 1.54) is 35.1 Å². The molecule has 0 unspecified atom stereocenters. The molecule has 0 atom stereocenters. The Kier molecular flexibility index (Phi) is 10.1. The van der Waals surface area contributed by atoms with Crippen LogP contribution in [0.1, 0.15) is 29.2 Å². The topological polar surface area (TPSA) is 0 Å². The van der Waals surface area contributed by atoms with Gasteiger partial charge in [-0.2, -0.15) is 19.8 Å². The molecule has 0 amide bonds. The van der Waals surface area contributed by atoms with Gasteiger partial charge in [0.25, 0.3) is 0 Å². The fourth-order valence-electron chi connectivity index (χ4n) is 2.81. The first-order chi connectivity index (χ1) is 10.7. The number of benzene rings is 2. The summed E-state index contributed by atoms with van der Waals surface area (Å²) in [6.07, 6.45) is 7.91. The van der Waals surface area contributed by atoms with Gasteiger partial charge in [0.15, 0.2) is 0 Å². The minimum absolute atomic E-state index is 0. The second-order valence-corrected chi connectivity index (χ2v) is 9.19. The average molecular weight is 425 g/mol. The molecule has 3 heteroatoms. The van der Waals surface area contributed by atoms with Gasteiger partial charge in [0, 0.05) is 0 Å². The molecule has 2 aliphatic carbocycles. The summed E-state index contributed by atoms with van der Waals surface area (Å²) in [4.78, 5) is 0. The van der Waals surface area contributed by atoms with Crippen molar-refractivity contribution < 1.29 is 20.8 Å². The molecule has 0 saturated carbocycles. The number of halogens is 2. The quantitative estimate of drug-likeness (QED) is 0.426. The molecular weight excluding hydrogens is 402 g/mol. The zero-order valence-electron chi connectivity index (χ0n) is 13.7. The molecule has 0 aliphatic heterocycles. The Morgan fingerprint density at radius 2 is 1.35 bits per heavy atom. The minimum atomic E-state index is -0.826. The molecule has 2 aromatic rings. The van der Waals surface area contributed by atoms with Gasteiger partial charge >= 0.3 is 37.9 Å². The van der Waals surface area contributed by atoms with Gasteiger partial charge in [0.05, 0.1) is 0 Å². The standard InChI is InChI=1S/C10H11.C9H8.CH3.2ClH.Zr/c1-8-6-9-4-2-3-5-10(9)7-8;1-2-5-9-7-3-6-8(9)4-1;;;;/h2-5H,6-7H2,1H3;1-6H,7H2;1H3;2*1H;/q-1;;-1;;;+4/p-2. The molecule has 0 radical (unpaired) electrons. The maximum atomic E-state index is 4.93. The summed E-state index contributed by atoms with van der Waals surface area (Å²) in [6, 6.07) is 17.2. The number of fused-ring (bicyclic) bond motifs is 2. The van der Waals surface area contributed by atoms with Crippen molar-refractivity contribution in [3.8, 4) is 0 Å². The van der Waals surface area contributed by atoms with Crippen molar-refractivity contribution in [1.29, 1.82) is 0 Å². The monoisotopic (exact) mass is 422 g/mol. The van der Waals surface area contributed by atoms with E-state index >= 15 is 0 Å². The number of allylic oxidation sites excluding steroid dienone is 1. The van der Waals surface area contributed by atoms with Crippen LogP contribution in [0.3, 0.4) is 0 Å². The molecule has 0 nitrogen and oxygen atoms in total. The third kappa shape index (κ3) is 6.57. The van der Waals surface area contributed by atoms with E-state index in [-0.39, 0.29) is 7.43 Å². The third-order valence-electron chi connectivity index (χ3n) is 3.79. The van der Waals surface area contributed by atoms with Gasteiger partial charge in [-0.25, -0.2) is 0 Å². The molecule has 120 valence electrons. The Hall–Kier alpha value is -0.357. The summed E-state index contributed by atoms with van der Waals surface area (Å²) in [6.45, 7) is 2.24. The van der Waals surface area contributed by atoms with Crippen molar-refractivity contribution in [3.05, 3.63) is 90.2 Å². The first-order valence-corrected chi connectivity index (χ1v) is 13.7. The van der Waals surface area contributed by atoms with E-state index in [4.69, 9.17) is 17.0 Å². The van der Waals surface area contributed by atoms with Gasteiger partial charge in [0.2, 0.25) is 0 Å². The van der Waals surface area contributed by atoms with Crippen molar-refractivity contribution >= 4 is 23.1 Å². The molecule has 23 heavy (non-hydrogen) atoms. The van der Waals surface area contributed by atoms with Crippen LogP contribution in [0, 0.1) is 13.3 Å². The van der Waals surface area contributed by atoms with Crippen LogP contribution in [0.5, 0.6) is 0 Å². The Labute approximate surface area is 159 Å². The van der Waals surface area contributed by atoms with Crippen LogP contribution in [-0.4, -0.2) is 0 Å². The van der Waals surface area contributed by atoms with E-state index in [1.54, 1.807) is 5.92 Å². The number of hydrogen-bond donors (Lipinski definition) is 0. The van der Waals surface area contributed by atoms with Crippen molar-refractivity contribution in [3.63, 3.8) is 0 Å². The Morgan fingerprint density at radius 1 is 0.870 bits per heavy atom. The molecule has 0 heterocycles. The fraction of sp³-hybridized carbons (Fsp3) is 0.200. The molecule has 2 aliphatic rings.